The SMILES string of the molecule is CCCCCCCCCOCOCCCC(C)CC(C)CC(C)CC(C)CC(C)Br. The normalized spacial score (nSPS) is 16.9. The molecule has 30 heavy (non-hydrogen) atoms. The molecule has 0 rings (SSSR count). The molecule has 0 aromatic heterocycles. The van der Waals surface area contributed by atoms with Crippen LogP contribution in [-0.4, -0.2) is 24.8 Å². The van der Waals surface area contributed by atoms with Crippen LogP contribution in [-0.2, 0) is 9.47 Å². The van der Waals surface area contributed by atoms with E-state index in [4.69, 9.17) is 9.47 Å². The van der Waals surface area contributed by atoms with Crippen LogP contribution in [0.3, 0.4) is 0 Å². The number of hydrogen-bond acceptors (Lipinski definition) is 2. The monoisotopic (exact) mass is 490 g/mol. The largest absolute Gasteiger partial charge is 0.355 e. The first-order valence-electron chi connectivity index (χ1n) is 13.1. The zero-order valence-electron chi connectivity index (χ0n) is 21.4. The lowest BCUT2D eigenvalue weighted by molar-refractivity contribution is -0.0561. The molecule has 0 aliphatic rings. The van der Waals surface area contributed by atoms with E-state index in [2.05, 4.69) is 57.5 Å². The van der Waals surface area contributed by atoms with Gasteiger partial charge in [0, 0.05) is 18.0 Å². The minimum absolute atomic E-state index is 0.476. The highest BCUT2D eigenvalue weighted by molar-refractivity contribution is 9.09. The average Bonchev–Trinajstić information content (AvgIpc) is 2.64. The van der Waals surface area contributed by atoms with Gasteiger partial charge in [-0.25, -0.2) is 0 Å². The lowest BCUT2D eigenvalue weighted by Crippen LogP contribution is -2.12. The van der Waals surface area contributed by atoms with Gasteiger partial charge in [-0.05, 0) is 68.6 Å². The summed E-state index contributed by atoms with van der Waals surface area (Å²) in [5, 5.41) is 0. The van der Waals surface area contributed by atoms with Crippen LogP contribution in [0, 0.1) is 23.7 Å². The summed E-state index contributed by atoms with van der Waals surface area (Å²) < 4.78 is 11.3. The molecule has 0 fully saturated rings. The number of ether oxygens (including phenoxy) is 2. The summed E-state index contributed by atoms with van der Waals surface area (Å²) in [7, 11) is 0. The molecular formula is C27H55BrO2. The van der Waals surface area contributed by atoms with Crippen LogP contribution in [0.5, 0.6) is 0 Å². The van der Waals surface area contributed by atoms with Gasteiger partial charge in [-0.3, -0.25) is 0 Å². The molecular weight excluding hydrogens is 436 g/mol. The fourth-order valence-corrected chi connectivity index (χ4v) is 5.53. The average molecular weight is 492 g/mol. The van der Waals surface area contributed by atoms with Crippen molar-refractivity contribution in [1.29, 1.82) is 0 Å². The van der Waals surface area contributed by atoms with Crippen molar-refractivity contribution in [3.63, 3.8) is 0 Å². The van der Waals surface area contributed by atoms with E-state index in [1.54, 1.807) is 0 Å². The Morgan fingerprint density at radius 3 is 1.60 bits per heavy atom. The van der Waals surface area contributed by atoms with E-state index in [-0.39, 0.29) is 0 Å². The molecule has 0 amide bonds. The van der Waals surface area contributed by atoms with Crippen molar-refractivity contribution >= 4 is 15.9 Å². The number of unbranched alkanes of at least 4 members (excludes halogenated alkanes) is 6. The Bertz CT molecular complexity index is 348. The molecule has 0 saturated carbocycles. The minimum Gasteiger partial charge on any atom is -0.355 e. The molecule has 0 aromatic rings. The van der Waals surface area contributed by atoms with Crippen molar-refractivity contribution in [3.05, 3.63) is 0 Å². The zero-order chi connectivity index (χ0) is 22.6. The summed E-state index contributed by atoms with van der Waals surface area (Å²) in [6.45, 7) is 16.4. The summed E-state index contributed by atoms with van der Waals surface area (Å²) in [6, 6.07) is 0. The smallest absolute Gasteiger partial charge is 0.146 e. The van der Waals surface area contributed by atoms with E-state index < -0.39 is 0 Å². The molecule has 5 unspecified atom stereocenters. The Balaban J connectivity index is 3.50. The molecule has 0 saturated heterocycles. The Morgan fingerprint density at radius 1 is 0.567 bits per heavy atom. The molecule has 2 nitrogen and oxygen atoms in total. The van der Waals surface area contributed by atoms with E-state index >= 15 is 0 Å². The quantitative estimate of drug-likeness (QED) is 0.0853. The van der Waals surface area contributed by atoms with E-state index in [0.29, 0.717) is 11.6 Å². The highest BCUT2D eigenvalue weighted by atomic mass is 79.9. The van der Waals surface area contributed by atoms with Crippen molar-refractivity contribution < 1.29 is 9.47 Å². The van der Waals surface area contributed by atoms with Crippen LogP contribution in [0.1, 0.15) is 125 Å². The molecule has 0 N–H and O–H groups in total. The second kappa shape index (κ2) is 21.3. The van der Waals surface area contributed by atoms with Gasteiger partial charge in [0.1, 0.15) is 6.79 Å². The molecule has 0 aliphatic heterocycles. The molecule has 0 heterocycles. The summed E-state index contributed by atoms with van der Waals surface area (Å²) in [5.74, 6) is 3.29. The van der Waals surface area contributed by atoms with Crippen molar-refractivity contribution in [2.24, 2.45) is 23.7 Å². The molecule has 5 atom stereocenters. The topological polar surface area (TPSA) is 18.5 Å². The number of alkyl halides is 1. The van der Waals surface area contributed by atoms with Gasteiger partial charge in [0.2, 0.25) is 0 Å². The predicted molar refractivity (Wildman–Crippen MR) is 138 cm³/mol. The third-order valence-corrected chi connectivity index (χ3v) is 6.56. The van der Waals surface area contributed by atoms with Gasteiger partial charge in [-0.2, -0.15) is 0 Å². The van der Waals surface area contributed by atoms with Crippen LogP contribution < -0.4 is 0 Å². The van der Waals surface area contributed by atoms with Crippen molar-refractivity contribution in [2.75, 3.05) is 20.0 Å². The van der Waals surface area contributed by atoms with Crippen molar-refractivity contribution in [2.45, 2.75) is 130 Å². The predicted octanol–water partition coefficient (Wildman–Crippen LogP) is 9.40. The Morgan fingerprint density at radius 2 is 1.03 bits per heavy atom. The fourth-order valence-electron chi connectivity index (χ4n) is 4.89. The summed E-state index contributed by atoms with van der Waals surface area (Å²) in [4.78, 5) is 0.644. The van der Waals surface area contributed by atoms with Gasteiger partial charge in [0.05, 0.1) is 0 Å². The van der Waals surface area contributed by atoms with E-state index in [1.807, 2.05) is 0 Å². The molecule has 182 valence electrons. The van der Waals surface area contributed by atoms with Crippen molar-refractivity contribution in [3.8, 4) is 0 Å². The van der Waals surface area contributed by atoms with Crippen LogP contribution in [0.4, 0.5) is 0 Å². The highest BCUT2D eigenvalue weighted by Crippen LogP contribution is 2.27. The molecule has 0 radical (unpaired) electrons. The van der Waals surface area contributed by atoms with Crippen LogP contribution >= 0.6 is 15.9 Å². The van der Waals surface area contributed by atoms with Gasteiger partial charge >= 0.3 is 0 Å². The highest BCUT2D eigenvalue weighted by Gasteiger charge is 2.15. The second-order valence-electron chi connectivity index (χ2n) is 10.3. The van der Waals surface area contributed by atoms with Gasteiger partial charge in [-0.1, -0.05) is 96.0 Å². The third kappa shape index (κ3) is 21.6. The lowest BCUT2D eigenvalue weighted by Gasteiger charge is -2.23. The van der Waals surface area contributed by atoms with Gasteiger partial charge in [0.15, 0.2) is 0 Å². The maximum absolute atomic E-state index is 5.66. The standard InChI is InChI=1S/C27H55BrO2/c1-7-8-9-10-11-12-13-16-29-22-30-17-14-15-23(2)18-24(3)19-25(4)20-26(5)21-27(6)28/h23-27H,7-22H2,1-6H3. The van der Waals surface area contributed by atoms with Gasteiger partial charge in [-0.15, -0.1) is 0 Å². The first-order valence-corrected chi connectivity index (χ1v) is 14.1. The lowest BCUT2D eigenvalue weighted by atomic mass is 9.84. The number of hydrogen-bond donors (Lipinski definition) is 0. The van der Waals surface area contributed by atoms with Gasteiger partial charge < -0.3 is 9.47 Å². The summed E-state index contributed by atoms with van der Waals surface area (Å²) >= 11 is 3.69. The molecule has 0 aromatic carbocycles. The Labute approximate surface area is 198 Å². The van der Waals surface area contributed by atoms with E-state index in [1.165, 1.54) is 77.0 Å². The summed E-state index contributed by atoms with van der Waals surface area (Å²) in [6.07, 6.45) is 17.1. The Hall–Kier alpha value is 0.400. The summed E-state index contributed by atoms with van der Waals surface area (Å²) in [5.41, 5.74) is 0. The first kappa shape index (κ1) is 30.4. The maximum Gasteiger partial charge on any atom is 0.146 e. The molecule has 0 aliphatic carbocycles. The molecule has 0 bridgehead atoms. The van der Waals surface area contributed by atoms with Gasteiger partial charge in [0.25, 0.3) is 0 Å². The van der Waals surface area contributed by atoms with Crippen molar-refractivity contribution in [1.82, 2.24) is 0 Å². The van der Waals surface area contributed by atoms with E-state index in [9.17, 15) is 0 Å². The third-order valence-electron chi connectivity index (χ3n) is 6.19. The minimum atomic E-state index is 0.476. The second-order valence-corrected chi connectivity index (χ2v) is 11.9. The molecule has 0 spiro atoms. The number of halogens is 1. The first-order chi connectivity index (χ1) is 14.3. The van der Waals surface area contributed by atoms with E-state index in [0.717, 1.165) is 43.3 Å². The van der Waals surface area contributed by atoms with Crippen LogP contribution in [0.2, 0.25) is 0 Å². The number of rotatable bonds is 22. The van der Waals surface area contributed by atoms with Crippen LogP contribution in [0.25, 0.3) is 0 Å². The van der Waals surface area contributed by atoms with Crippen LogP contribution in [0.15, 0.2) is 0 Å². The molecule has 3 heteroatoms. The Kier molecular flexibility index (Phi) is 21.5. The zero-order valence-corrected chi connectivity index (χ0v) is 23.0. The fraction of sp³-hybridized carbons (Fsp3) is 1.00. The maximum atomic E-state index is 5.66.